The minimum absolute atomic E-state index is 0.166. The van der Waals surface area contributed by atoms with Gasteiger partial charge in [0.05, 0.1) is 12.1 Å². The van der Waals surface area contributed by atoms with Crippen molar-refractivity contribution in [2.45, 2.75) is 26.7 Å². The smallest absolute Gasteiger partial charge is 0.244 e. The molecule has 1 amide bonds. The summed E-state index contributed by atoms with van der Waals surface area (Å²) in [6.45, 7) is 5.09. The summed E-state index contributed by atoms with van der Waals surface area (Å²) >= 11 is 0. The molecule has 1 heterocycles. The number of benzene rings is 2. The van der Waals surface area contributed by atoms with Crippen LogP contribution >= 0.6 is 0 Å². The number of hydrogen-bond acceptors (Lipinski definition) is 4. The number of ether oxygens (including phenoxy) is 2. The third-order valence-corrected chi connectivity index (χ3v) is 4.10. The van der Waals surface area contributed by atoms with E-state index in [1.165, 1.54) is 5.56 Å². The molecule has 5 nitrogen and oxygen atoms in total. The fourth-order valence-corrected chi connectivity index (χ4v) is 2.62. The van der Waals surface area contributed by atoms with Crippen LogP contribution in [-0.2, 0) is 17.6 Å². The van der Waals surface area contributed by atoms with Gasteiger partial charge in [-0.15, -0.1) is 0 Å². The second-order valence-electron chi connectivity index (χ2n) is 5.94. The van der Waals surface area contributed by atoms with Crippen molar-refractivity contribution in [2.75, 3.05) is 13.2 Å². The molecule has 0 spiro atoms. The van der Waals surface area contributed by atoms with Crippen LogP contribution in [0, 0.1) is 0 Å². The van der Waals surface area contributed by atoms with Crippen molar-refractivity contribution < 1.29 is 14.3 Å². The van der Waals surface area contributed by atoms with Crippen molar-refractivity contribution >= 4 is 11.6 Å². The van der Waals surface area contributed by atoms with Gasteiger partial charge in [0.15, 0.2) is 11.5 Å². The summed E-state index contributed by atoms with van der Waals surface area (Å²) in [7, 11) is 0. The molecule has 2 aromatic rings. The molecule has 0 aromatic heterocycles. The highest BCUT2D eigenvalue weighted by atomic mass is 16.6. The van der Waals surface area contributed by atoms with Crippen LogP contribution in [0.1, 0.15) is 30.5 Å². The van der Waals surface area contributed by atoms with Gasteiger partial charge in [0.1, 0.15) is 13.2 Å². The normalized spacial score (nSPS) is 13.4. The molecule has 0 atom stereocenters. The number of nitrogens with zero attached hydrogens (tertiary/aromatic N) is 1. The zero-order valence-electron chi connectivity index (χ0n) is 14.5. The molecule has 0 radical (unpaired) electrons. The summed E-state index contributed by atoms with van der Waals surface area (Å²) in [5, 5.41) is 4.19. The van der Waals surface area contributed by atoms with Crippen LogP contribution in [0.15, 0.2) is 47.6 Å². The summed E-state index contributed by atoms with van der Waals surface area (Å²) in [5.41, 5.74) is 6.53. The lowest BCUT2D eigenvalue weighted by molar-refractivity contribution is -0.120. The van der Waals surface area contributed by atoms with Crippen molar-refractivity contribution in [1.29, 1.82) is 0 Å². The van der Waals surface area contributed by atoms with E-state index < -0.39 is 0 Å². The van der Waals surface area contributed by atoms with Crippen LogP contribution in [0.5, 0.6) is 11.5 Å². The molecule has 0 fully saturated rings. The quantitative estimate of drug-likeness (QED) is 0.673. The molecule has 0 saturated carbocycles. The van der Waals surface area contributed by atoms with Crippen molar-refractivity contribution in [1.82, 2.24) is 5.43 Å². The summed E-state index contributed by atoms with van der Waals surface area (Å²) in [5.74, 6) is 1.24. The Labute approximate surface area is 147 Å². The minimum atomic E-state index is -0.166. The van der Waals surface area contributed by atoms with E-state index in [1.54, 1.807) is 0 Å². The van der Waals surface area contributed by atoms with Crippen LogP contribution in [-0.4, -0.2) is 24.8 Å². The van der Waals surface area contributed by atoms with Crippen molar-refractivity contribution in [3.63, 3.8) is 0 Å². The first-order valence-corrected chi connectivity index (χ1v) is 8.46. The Morgan fingerprint density at radius 1 is 1.04 bits per heavy atom. The molecule has 25 heavy (non-hydrogen) atoms. The number of rotatable bonds is 5. The maximum Gasteiger partial charge on any atom is 0.244 e. The number of hydrogen-bond donors (Lipinski definition) is 1. The van der Waals surface area contributed by atoms with E-state index in [9.17, 15) is 4.79 Å². The average molecular weight is 338 g/mol. The number of amides is 1. The predicted molar refractivity (Wildman–Crippen MR) is 97.3 cm³/mol. The highest BCUT2D eigenvalue weighted by molar-refractivity contribution is 5.99. The van der Waals surface area contributed by atoms with Crippen LogP contribution in [0.2, 0.25) is 0 Å². The van der Waals surface area contributed by atoms with Gasteiger partial charge < -0.3 is 9.47 Å². The van der Waals surface area contributed by atoms with Crippen molar-refractivity contribution in [3.8, 4) is 11.5 Å². The topological polar surface area (TPSA) is 59.9 Å². The third-order valence-electron chi connectivity index (χ3n) is 4.10. The van der Waals surface area contributed by atoms with E-state index in [-0.39, 0.29) is 12.3 Å². The Bertz CT molecular complexity index is 782. The molecule has 0 aliphatic carbocycles. The molecule has 3 rings (SSSR count). The zero-order valence-corrected chi connectivity index (χ0v) is 14.5. The van der Waals surface area contributed by atoms with Gasteiger partial charge in [-0.3, -0.25) is 4.79 Å². The lowest BCUT2D eigenvalue weighted by atomic mass is 10.1. The second kappa shape index (κ2) is 7.83. The SMILES string of the molecule is CCc1ccc(/C(C)=N\NC(=O)Cc2ccc3c(c2)OCCO3)cc1. The van der Waals surface area contributed by atoms with Gasteiger partial charge in [0.25, 0.3) is 0 Å². The average Bonchev–Trinajstić information content (AvgIpc) is 2.66. The van der Waals surface area contributed by atoms with Crippen LogP contribution in [0.4, 0.5) is 0 Å². The first kappa shape index (κ1) is 17.0. The summed E-state index contributed by atoms with van der Waals surface area (Å²) in [6.07, 6.45) is 1.24. The van der Waals surface area contributed by atoms with Crippen molar-refractivity contribution in [2.24, 2.45) is 5.10 Å². The third kappa shape index (κ3) is 4.38. The molecular weight excluding hydrogens is 316 g/mol. The Balaban J connectivity index is 1.60. The fraction of sp³-hybridized carbons (Fsp3) is 0.300. The number of carbonyl (C=O) groups excluding carboxylic acids is 1. The molecule has 1 aliphatic heterocycles. The van der Waals surface area contributed by atoms with E-state index >= 15 is 0 Å². The Hall–Kier alpha value is -2.82. The van der Waals surface area contributed by atoms with E-state index in [2.05, 4.69) is 29.6 Å². The first-order valence-electron chi connectivity index (χ1n) is 8.46. The second-order valence-corrected chi connectivity index (χ2v) is 5.94. The lowest BCUT2D eigenvalue weighted by Crippen LogP contribution is -2.21. The molecule has 1 aliphatic rings. The van der Waals surface area contributed by atoms with Gasteiger partial charge in [-0.2, -0.15) is 5.10 Å². The highest BCUT2D eigenvalue weighted by Gasteiger charge is 2.13. The van der Waals surface area contributed by atoms with E-state index in [1.807, 2.05) is 37.3 Å². The van der Waals surface area contributed by atoms with Gasteiger partial charge in [-0.1, -0.05) is 37.3 Å². The van der Waals surface area contributed by atoms with E-state index in [0.29, 0.717) is 19.0 Å². The van der Waals surface area contributed by atoms with E-state index in [0.717, 1.165) is 29.0 Å². The molecule has 0 saturated heterocycles. The summed E-state index contributed by atoms with van der Waals surface area (Å²) in [4.78, 5) is 12.1. The number of fused-ring (bicyclic) bond motifs is 1. The molecule has 0 unspecified atom stereocenters. The highest BCUT2D eigenvalue weighted by Crippen LogP contribution is 2.30. The monoisotopic (exact) mass is 338 g/mol. The molecular formula is C20H22N2O3. The minimum Gasteiger partial charge on any atom is -0.486 e. The molecule has 5 heteroatoms. The maximum absolute atomic E-state index is 12.1. The zero-order chi connectivity index (χ0) is 17.6. The maximum atomic E-state index is 12.1. The van der Waals surface area contributed by atoms with Gasteiger partial charge in [0.2, 0.25) is 5.91 Å². The molecule has 1 N–H and O–H groups in total. The van der Waals surface area contributed by atoms with Gasteiger partial charge >= 0.3 is 0 Å². The standard InChI is InChI=1S/C20H22N2O3/c1-3-15-4-7-17(8-5-15)14(2)21-22-20(23)13-16-6-9-18-19(12-16)25-11-10-24-18/h4-9,12H,3,10-11,13H2,1-2H3,(H,22,23)/b21-14-. The molecule has 130 valence electrons. The summed E-state index contributed by atoms with van der Waals surface area (Å²) < 4.78 is 11.0. The van der Waals surface area contributed by atoms with E-state index in [4.69, 9.17) is 9.47 Å². The number of hydrazone groups is 1. The van der Waals surface area contributed by atoms with Crippen LogP contribution in [0.25, 0.3) is 0 Å². The largest absolute Gasteiger partial charge is 0.486 e. The fourth-order valence-electron chi connectivity index (χ4n) is 2.62. The van der Waals surface area contributed by atoms with Crippen LogP contribution < -0.4 is 14.9 Å². The lowest BCUT2D eigenvalue weighted by Gasteiger charge is -2.18. The number of nitrogens with one attached hydrogen (secondary N) is 1. The Kier molecular flexibility index (Phi) is 5.33. The van der Waals surface area contributed by atoms with Gasteiger partial charge in [-0.05, 0) is 42.2 Å². The van der Waals surface area contributed by atoms with Gasteiger partial charge in [-0.25, -0.2) is 5.43 Å². The van der Waals surface area contributed by atoms with Crippen molar-refractivity contribution in [3.05, 3.63) is 59.2 Å². The van der Waals surface area contributed by atoms with Gasteiger partial charge in [0, 0.05) is 0 Å². The molecule has 2 aromatic carbocycles. The summed E-state index contributed by atoms with van der Waals surface area (Å²) in [6, 6.07) is 13.7. The molecule has 0 bridgehead atoms. The number of aryl methyl sites for hydroxylation is 1. The number of carbonyl (C=O) groups is 1. The Morgan fingerprint density at radius 2 is 1.72 bits per heavy atom. The predicted octanol–water partition coefficient (Wildman–Crippen LogP) is 3.10. The first-order chi connectivity index (χ1) is 12.2. The Morgan fingerprint density at radius 3 is 2.44 bits per heavy atom. The van der Waals surface area contributed by atoms with Crippen LogP contribution in [0.3, 0.4) is 0 Å².